The average molecular weight is 305 g/mol. The maximum Gasteiger partial charge on any atom is 0.173 e. The van der Waals surface area contributed by atoms with Crippen molar-refractivity contribution in [1.82, 2.24) is 23.9 Å². The molecule has 1 N–H and O–H groups in total. The van der Waals surface area contributed by atoms with Crippen molar-refractivity contribution >= 4 is 16.9 Å². The number of fused-ring (bicyclic) bond motifs is 2. The Balaban J connectivity index is 0.000000963. The first-order valence-electron chi connectivity index (χ1n) is 4.48. The Bertz CT molecular complexity index is 716. The summed E-state index contributed by atoms with van der Waals surface area (Å²) in [5, 5.41) is 0. The molecule has 0 bridgehead atoms. The molecule has 0 aliphatic rings. The first-order valence-corrected chi connectivity index (χ1v) is 4.48. The van der Waals surface area contributed by atoms with Gasteiger partial charge >= 0.3 is 0 Å². The standard InChI is InChI=1S/C9H8N5O.Rh/c1-5-3-14-8(15)6-7(12-9(14)11-5)13(2)4-10-6;/h4H,1-2H3,(H,11,12);/q-1;. The van der Waals surface area contributed by atoms with E-state index in [-0.39, 0.29) is 25.0 Å². The predicted molar refractivity (Wildman–Crippen MR) is 53.7 cm³/mol. The van der Waals surface area contributed by atoms with E-state index in [1.54, 1.807) is 17.9 Å². The summed E-state index contributed by atoms with van der Waals surface area (Å²) in [4.78, 5) is 23.2. The Morgan fingerprint density at radius 3 is 3.00 bits per heavy atom. The normalized spacial score (nSPS) is 10.9. The molecule has 0 spiro atoms. The third-order valence-electron chi connectivity index (χ3n) is 2.31. The molecule has 0 aliphatic heterocycles. The molecule has 1 radical (unpaired) electrons. The molecule has 0 amide bonds. The van der Waals surface area contributed by atoms with Crippen LogP contribution in [0.4, 0.5) is 0 Å². The van der Waals surface area contributed by atoms with Gasteiger partial charge in [0.15, 0.2) is 5.56 Å². The van der Waals surface area contributed by atoms with E-state index in [1.807, 2.05) is 6.92 Å². The number of rotatable bonds is 0. The van der Waals surface area contributed by atoms with Gasteiger partial charge in [-0.05, 0) is 12.6 Å². The molecule has 16 heavy (non-hydrogen) atoms. The van der Waals surface area contributed by atoms with Crippen LogP contribution in [0.25, 0.3) is 16.9 Å². The minimum Gasteiger partial charge on any atom is -0.413 e. The van der Waals surface area contributed by atoms with Gasteiger partial charge in [0.1, 0.15) is 16.9 Å². The van der Waals surface area contributed by atoms with Gasteiger partial charge in [0, 0.05) is 26.5 Å². The molecule has 3 aromatic rings. The minimum absolute atomic E-state index is 0. The van der Waals surface area contributed by atoms with Gasteiger partial charge in [-0.15, -0.1) is 0 Å². The fraction of sp³-hybridized carbons (Fsp3) is 0.222. The molecule has 6 nitrogen and oxygen atoms in total. The molecule has 0 aliphatic carbocycles. The molecule has 0 saturated heterocycles. The average Bonchev–Trinajstić information content (AvgIpc) is 2.72. The van der Waals surface area contributed by atoms with Crippen LogP contribution in [0, 0.1) is 13.1 Å². The summed E-state index contributed by atoms with van der Waals surface area (Å²) in [6.45, 7) is 1.83. The van der Waals surface area contributed by atoms with Crippen molar-refractivity contribution in [2.45, 2.75) is 6.92 Å². The van der Waals surface area contributed by atoms with E-state index < -0.39 is 0 Å². The molecular weight excluding hydrogens is 297 g/mol. The third-order valence-corrected chi connectivity index (χ3v) is 2.31. The van der Waals surface area contributed by atoms with Crippen LogP contribution in [-0.4, -0.2) is 23.9 Å². The summed E-state index contributed by atoms with van der Waals surface area (Å²) in [7, 11) is 1.80. The fourth-order valence-electron chi connectivity index (χ4n) is 1.61. The van der Waals surface area contributed by atoms with E-state index in [0.717, 1.165) is 5.69 Å². The molecular formula is C9H8N5ORh-. The number of H-pyrrole nitrogens is 1. The van der Waals surface area contributed by atoms with Crippen LogP contribution in [0.3, 0.4) is 0 Å². The molecule has 3 heterocycles. The topological polar surface area (TPSA) is 68.0 Å². The van der Waals surface area contributed by atoms with E-state index in [9.17, 15) is 4.79 Å². The number of aromatic amines is 1. The van der Waals surface area contributed by atoms with Crippen LogP contribution < -0.4 is 5.56 Å². The Labute approximate surface area is 103 Å². The molecule has 0 saturated carbocycles. The predicted octanol–water partition coefficient (Wildman–Crippen LogP) is 0.0154. The summed E-state index contributed by atoms with van der Waals surface area (Å²) in [5.74, 6) is 0.494. The van der Waals surface area contributed by atoms with Crippen LogP contribution in [0.15, 0.2) is 11.1 Å². The smallest absolute Gasteiger partial charge is 0.173 e. The second-order valence-electron chi connectivity index (χ2n) is 3.47. The largest absolute Gasteiger partial charge is 0.413 e. The molecule has 0 aromatic carbocycles. The molecule has 0 atom stereocenters. The quantitative estimate of drug-likeness (QED) is 0.470. The van der Waals surface area contributed by atoms with Gasteiger partial charge in [-0.1, -0.05) is 6.20 Å². The van der Waals surface area contributed by atoms with Crippen molar-refractivity contribution in [1.29, 1.82) is 0 Å². The molecule has 3 rings (SSSR count). The summed E-state index contributed by atoms with van der Waals surface area (Å²) in [5.41, 5.74) is 1.52. The molecule has 7 heteroatoms. The van der Waals surface area contributed by atoms with Crippen LogP contribution >= 0.6 is 0 Å². The van der Waals surface area contributed by atoms with Crippen LogP contribution in [0.5, 0.6) is 0 Å². The van der Waals surface area contributed by atoms with Crippen LogP contribution in [0.1, 0.15) is 5.69 Å². The van der Waals surface area contributed by atoms with Crippen LogP contribution in [-0.2, 0) is 26.5 Å². The molecule has 85 valence electrons. The maximum absolute atomic E-state index is 11.9. The van der Waals surface area contributed by atoms with E-state index in [0.29, 0.717) is 16.9 Å². The second-order valence-corrected chi connectivity index (χ2v) is 3.47. The van der Waals surface area contributed by atoms with Crippen molar-refractivity contribution < 1.29 is 19.5 Å². The van der Waals surface area contributed by atoms with Crippen molar-refractivity contribution in [2.75, 3.05) is 0 Å². The van der Waals surface area contributed by atoms with Gasteiger partial charge < -0.3 is 18.7 Å². The Morgan fingerprint density at radius 2 is 2.25 bits per heavy atom. The zero-order valence-electron chi connectivity index (χ0n) is 8.61. The molecule has 0 unspecified atom stereocenters. The van der Waals surface area contributed by atoms with Crippen molar-refractivity contribution in [2.24, 2.45) is 7.05 Å². The Hall–Kier alpha value is -1.49. The number of imidazole rings is 2. The SMILES string of the molecule is Cc1[c-]n2c(=O)c3ncn(C)c3nc2[nH]1.[Rh]. The fourth-order valence-corrected chi connectivity index (χ4v) is 1.61. The summed E-state index contributed by atoms with van der Waals surface area (Å²) >= 11 is 0. The van der Waals surface area contributed by atoms with Gasteiger partial charge in [-0.25, -0.2) is 4.98 Å². The van der Waals surface area contributed by atoms with Crippen LogP contribution in [0.2, 0.25) is 0 Å². The number of aryl methyl sites for hydroxylation is 2. The first-order chi connectivity index (χ1) is 7.16. The van der Waals surface area contributed by atoms with Gasteiger partial charge in [0.25, 0.3) is 0 Å². The summed E-state index contributed by atoms with van der Waals surface area (Å²) in [6, 6.07) is 0. The summed E-state index contributed by atoms with van der Waals surface area (Å²) < 4.78 is 3.07. The van der Waals surface area contributed by atoms with Gasteiger partial charge in [-0.3, -0.25) is 4.98 Å². The van der Waals surface area contributed by atoms with Gasteiger partial charge in [0.05, 0.1) is 6.33 Å². The van der Waals surface area contributed by atoms with E-state index in [2.05, 4.69) is 21.1 Å². The number of aromatic nitrogens is 5. The van der Waals surface area contributed by atoms with Crippen molar-refractivity contribution in [3.05, 3.63) is 28.6 Å². The van der Waals surface area contributed by atoms with Crippen molar-refractivity contribution in [3.63, 3.8) is 0 Å². The third kappa shape index (κ3) is 1.32. The minimum atomic E-state index is -0.194. The number of nitrogens with one attached hydrogen (secondary N) is 1. The Morgan fingerprint density at radius 1 is 1.50 bits per heavy atom. The monoisotopic (exact) mass is 305 g/mol. The van der Waals surface area contributed by atoms with E-state index >= 15 is 0 Å². The molecule has 0 fully saturated rings. The number of nitrogens with zero attached hydrogens (tertiary/aromatic N) is 4. The van der Waals surface area contributed by atoms with Crippen molar-refractivity contribution in [3.8, 4) is 0 Å². The zero-order chi connectivity index (χ0) is 10.6. The van der Waals surface area contributed by atoms with E-state index in [1.165, 1.54) is 4.40 Å². The maximum atomic E-state index is 11.9. The zero-order valence-corrected chi connectivity index (χ0v) is 10.2. The van der Waals surface area contributed by atoms with Gasteiger partial charge in [0.2, 0.25) is 0 Å². The second kappa shape index (κ2) is 3.52. The summed E-state index contributed by atoms with van der Waals surface area (Å²) in [6.07, 6.45) is 4.44. The Kier molecular flexibility index (Phi) is 2.42. The molecule has 3 aromatic heterocycles. The number of hydrogen-bond donors (Lipinski definition) is 1. The first kappa shape index (κ1) is 11.0. The van der Waals surface area contributed by atoms with E-state index in [4.69, 9.17) is 0 Å². The number of hydrogen-bond acceptors (Lipinski definition) is 3. The van der Waals surface area contributed by atoms with Gasteiger partial charge in [-0.2, -0.15) is 0 Å².